The maximum atomic E-state index is 5.47. The third-order valence-electron chi connectivity index (χ3n) is 4.94. The van der Waals surface area contributed by atoms with E-state index in [1.54, 1.807) is 0 Å². The van der Waals surface area contributed by atoms with Crippen molar-refractivity contribution in [2.24, 2.45) is 0 Å². The van der Waals surface area contributed by atoms with E-state index in [0.717, 1.165) is 38.2 Å². The average molecular weight is 348 g/mol. The summed E-state index contributed by atoms with van der Waals surface area (Å²) in [5.74, 6) is 1.36. The predicted octanol–water partition coefficient (Wildman–Crippen LogP) is 3.62. The highest BCUT2D eigenvalue weighted by atomic mass is 16.5. The van der Waals surface area contributed by atoms with E-state index in [2.05, 4.69) is 81.5 Å². The Labute approximate surface area is 154 Å². The Morgan fingerprint density at radius 3 is 2.35 bits per heavy atom. The van der Waals surface area contributed by atoms with Gasteiger partial charge in [0.25, 0.3) is 0 Å². The number of aromatic nitrogens is 2. The summed E-state index contributed by atoms with van der Waals surface area (Å²) in [6.45, 7) is 6.89. The maximum Gasteiger partial charge on any atom is 0.241 e. The lowest BCUT2D eigenvalue weighted by Crippen LogP contribution is -2.46. The number of nitrogens with zero attached hydrogens (tertiary/aromatic N) is 4. The van der Waals surface area contributed by atoms with E-state index >= 15 is 0 Å². The normalized spacial score (nSPS) is 15.3. The number of rotatable bonds is 5. The van der Waals surface area contributed by atoms with Gasteiger partial charge in [0.2, 0.25) is 11.7 Å². The molecule has 0 bridgehead atoms. The van der Waals surface area contributed by atoms with Crippen LogP contribution in [0.15, 0.2) is 59.1 Å². The van der Waals surface area contributed by atoms with E-state index in [-0.39, 0.29) is 0 Å². The van der Waals surface area contributed by atoms with Crippen LogP contribution in [0.25, 0.3) is 11.4 Å². The van der Waals surface area contributed by atoms with Crippen LogP contribution < -0.4 is 4.90 Å². The lowest BCUT2D eigenvalue weighted by molar-refractivity contribution is 0.215. The molecule has 1 aliphatic heterocycles. The molecule has 0 unspecified atom stereocenters. The summed E-state index contributed by atoms with van der Waals surface area (Å²) in [6.07, 6.45) is 1.03. The summed E-state index contributed by atoms with van der Waals surface area (Å²) in [6, 6.07) is 18.9. The molecule has 0 amide bonds. The van der Waals surface area contributed by atoms with Crippen molar-refractivity contribution in [1.82, 2.24) is 15.0 Å². The number of para-hydroxylation sites is 1. The molecule has 26 heavy (non-hydrogen) atoms. The van der Waals surface area contributed by atoms with Gasteiger partial charge >= 0.3 is 0 Å². The number of hydrogen-bond acceptors (Lipinski definition) is 5. The molecule has 1 aromatic heterocycles. The van der Waals surface area contributed by atoms with Gasteiger partial charge in [0, 0.05) is 37.4 Å². The van der Waals surface area contributed by atoms with E-state index < -0.39 is 0 Å². The lowest BCUT2D eigenvalue weighted by Gasteiger charge is -2.35. The van der Waals surface area contributed by atoms with Gasteiger partial charge < -0.3 is 9.42 Å². The highest BCUT2D eigenvalue weighted by Crippen LogP contribution is 2.19. The molecule has 4 rings (SSSR count). The van der Waals surface area contributed by atoms with Gasteiger partial charge in [-0.1, -0.05) is 54.5 Å². The number of piperazine rings is 1. The summed E-state index contributed by atoms with van der Waals surface area (Å²) in [7, 11) is 0. The van der Waals surface area contributed by atoms with Crippen LogP contribution in [0.2, 0.25) is 0 Å². The number of anilines is 1. The Morgan fingerprint density at radius 2 is 1.65 bits per heavy atom. The highest BCUT2D eigenvalue weighted by Gasteiger charge is 2.19. The van der Waals surface area contributed by atoms with E-state index in [1.807, 2.05) is 0 Å². The zero-order valence-corrected chi connectivity index (χ0v) is 15.1. The van der Waals surface area contributed by atoms with Gasteiger partial charge in [0.1, 0.15) is 0 Å². The molecular formula is C21H24N4O. The van der Waals surface area contributed by atoms with Crippen LogP contribution >= 0.6 is 0 Å². The van der Waals surface area contributed by atoms with Gasteiger partial charge in [0.05, 0.1) is 6.54 Å². The largest absolute Gasteiger partial charge is 0.369 e. The first kappa shape index (κ1) is 16.8. The van der Waals surface area contributed by atoms with Crippen LogP contribution in [-0.2, 0) is 13.0 Å². The van der Waals surface area contributed by atoms with Crippen LogP contribution in [0.4, 0.5) is 5.69 Å². The van der Waals surface area contributed by atoms with Crippen molar-refractivity contribution in [2.45, 2.75) is 19.9 Å². The molecule has 0 N–H and O–H groups in total. The van der Waals surface area contributed by atoms with Crippen LogP contribution in [-0.4, -0.2) is 41.2 Å². The van der Waals surface area contributed by atoms with Crippen molar-refractivity contribution < 1.29 is 4.52 Å². The van der Waals surface area contributed by atoms with Crippen LogP contribution in [0.5, 0.6) is 0 Å². The van der Waals surface area contributed by atoms with Crippen molar-refractivity contribution in [2.75, 3.05) is 31.1 Å². The van der Waals surface area contributed by atoms with E-state index in [0.29, 0.717) is 18.3 Å². The Kier molecular flexibility index (Phi) is 4.97. The standard InChI is InChI=1S/C21H24N4O/c1-2-17-8-10-18(11-9-17)21-22-20(26-23-21)16-24-12-14-25(15-13-24)19-6-4-3-5-7-19/h3-11H,2,12-16H2,1H3. The second-order valence-electron chi connectivity index (χ2n) is 6.66. The summed E-state index contributed by atoms with van der Waals surface area (Å²) in [5, 5.41) is 4.15. The van der Waals surface area contributed by atoms with Gasteiger partial charge in [-0.15, -0.1) is 0 Å². The summed E-state index contributed by atoms with van der Waals surface area (Å²) in [4.78, 5) is 9.37. The van der Waals surface area contributed by atoms with E-state index in [9.17, 15) is 0 Å². The molecule has 134 valence electrons. The quantitative estimate of drug-likeness (QED) is 0.705. The van der Waals surface area contributed by atoms with Gasteiger partial charge in [0.15, 0.2) is 0 Å². The lowest BCUT2D eigenvalue weighted by atomic mass is 10.1. The van der Waals surface area contributed by atoms with Gasteiger partial charge in [-0.25, -0.2) is 0 Å². The summed E-state index contributed by atoms with van der Waals surface area (Å²) in [5.41, 5.74) is 3.61. The van der Waals surface area contributed by atoms with Gasteiger partial charge in [-0.2, -0.15) is 4.98 Å². The topological polar surface area (TPSA) is 45.4 Å². The third kappa shape index (κ3) is 3.78. The van der Waals surface area contributed by atoms with Gasteiger partial charge in [-0.3, -0.25) is 4.90 Å². The molecule has 1 saturated heterocycles. The zero-order chi connectivity index (χ0) is 17.8. The SMILES string of the molecule is CCc1ccc(-c2noc(CN3CCN(c4ccccc4)CC3)n2)cc1. The molecule has 0 aliphatic carbocycles. The molecule has 5 heteroatoms. The van der Waals surface area contributed by atoms with Crippen molar-refractivity contribution in [1.29, 1.82) is 0 Å². The second-order valence-corrected chi connectivity index (χ2v) is 6.66. The van der Waals surface area contributed by atoms with Crippen LogP contribution in [0.3, 0.4) is 0 Å². The van der Waals surface area contributed by atoms with Crippen LogP contribution in [0.1, 0.15) is 18.4 Å². The fourth-order valence-electron chi connectivity index (χ4n) is 3.32. The van der Waals surface area contributed by atoms with Gasteiger partial charge in [-0.05, 0) is 24.1 Å². The maximum absolute atomic E-state index is 5.47. The molecule has 3 aromatic rings. The van der Waals surface area contributed by atoms with Crippen molar-refractivity contribution in [3.05, 3.63) is 66.1 Å². The Balaban J connectivity index is 1.35. The first-order chi connectivity index (χ1) is 12.8. The first-order valence-electron chi connectivity index (χ1n) is 9.26. The molecule has 5 nitrogen and oxygen atoms in total. The molecule has 2 heterocycles. The molecular weight excluding hydrogens is 324 g/mol. The molecule has 1 aliphatic rings. The van der Waals surface area contributed by atoms with Crippen molar-refractivity contribution >= 4 is 5.69 Å². The monoisotopic (exact) mass is 348 g/mol. The highest BCUT2D eigenvalue weighted by molar-refractivity contribution is 5.54. The van der Waals surface area contributed by atoms with Crippen LogP contribution in [0, 0.1) is 0 Å². The van der Waals surface area contributed by atoms with Crippen molar-refractivity contribution in [3.8, 4) is 11.4 Å². The Hall–Kier alpha value is -2.66. The molecule has 2 aromatic carbocycles. The number of hydrogen-bond donors (Lipinski definition) is 0. The molecule has 0 atom stereocenters. The average Bonchev–Trinajstić information content (AvgIpc) is 3.18. The van der Waals surface area contributed by atoms with E-state index in [4.69, 9.17) is 4.52 Å². The molecule has 0 spiro atoms. The summed E-state index contributed by atoms with van der Waals surface area (Å²) < 4.78 is 5.47. The van der Waals surface area contributed by atoms with Crippen molar-refractivity contribution in [3.63, 3.8) is 0 Å². The number of aryl methyl sites for hydroxylation is 1. The minimum atomic E-state index is 0.672. The number of benzene rings is 2. The second kappa shape index (κ2) is 7.70. The minimum Gasteiger partial charge on any atom is -0.369 e. The smallest absolute Gasteiger partial charge is 0.241 e. The molecule has 0 radical (unpaired) electrons. The summed E-state index contributed by atoms with van der Waals surface area (Å²) >= 11 is 0. The Bertz CT molecular complexity index is 821. The third-order valence-corrected chi connectivity index (χ3v) is 4.94. The molecule has 1 fully saturated rings. The fraction of sp³-hybridized carbons (Fsp3) is 0.333. The first-order valence-corrected chi connectivity index (χ1v) is 9.26. The minimum absolute atomic E-state index is 0.672. The molecule has 0 saturated carbocycles. The predicted molar refractivity (Wildman–Crippen MR) is 103 cm³/mol. The fourth-order valence-corrected chi connectivity index (χ4v) is 3.32. The zero-order valence-electron chi connectivity index (χ0n) is 15.1. The van der Waals surface area contributed by atoms with E-state index in [1.165, 1.54) is 11.3 Å². The Morgan fingerprint density at radius 1 is 0.923 bits per heavy atom.